The molecule has 0 saturated heterocycles. The van der Waals surface area contributed by atoms with Crippen LogP contribution in [0.5, 0.6) is 0 Å². The molecule has 4 rings (SSSR count). The third-order valence-electron chi connectivity index (χ3n) is 4.53. The topological polar surface area (TPSA) is 101 Å². The summed E-state index contributed by atoms with van der Waals surface area (Å²) in [5.41, 5.74) is 11.0. The van der Waals surface area contributed by atoms with Crippen molar-refractivity contribution in [3.63, 3.8) is 0 Å². The summed E-state index contributed by atoms with van der Waals surface area (Å²) in [5.74, 6) is 1.40. The number of hydrogen-bond acceptors (Lipinski definition) is 5. The van der Waals surface area contributed by atoms with E-state index in [9.17, 15) is 5.11 Å². The van der Waals surface area contributed by atoms with Crippen molar-refractivity contribution >= 4 is 27.8 Å². The Bertz CT molecular complexity index is 1090. The van der Waals surface area contributed by atoms with E-state index in [1.54, 1.807) is 6.07 Å². The zero-order valence-corrected chi connectivity index (χ0v) is 14.7. The van der Waals surface area contributed by atoms with Crippen LogP contribution in [0.1, 0.15) is 31.3 Å². The fourth-order valence-corrected chi connectivity index (χ4v) is 3.16. The lowest BCUT2D eigenvalue weighted by Crippen LogP contribution is -1.94. The number of pyridine rings is 2. The van der Waals surface area contributed by atoms with Crippen molar-refractivity contribution in [2.75, 3.05) is 5.73 Å². The first-order chi connectivity index (χ1) is 12.7. The second kappa shape index (κ2) is 6.72. The molecule has 0 aliphatic carbocycles. The molecule has 3 aromatic heterocycles. The predicted octanol–water partition coefficient (Wildman–Crippen LogP) is 3.59. The zero-order chi connectivity index (χ0) is 18.1. The van der Waals surface area contributed by atoms with E-state index in [4.69, 9.17) is 10.7 Å². The molecule has 26 heavy (non-hydrogen) atoms. The van der Waals surface area contributed by atoms with Crippen LogP contribution in [0, 0.1) is 0 Å². The van der Waals surface area contributed by atoms with Gasteiger partial charge in [-0.15, -0.1) is 0 Å². The second-order valence-electron chi connectivity index (χ2n) is 6.41. The third-order valence-corrected chi connectivity index (χ3v) is 4.53. The summed E-state index contributed by atoms with van der Waals surface area (Å²) in [6.07, 6.45) is 3.11. The molecule has 0 saturated carbocycles. The SMILES string of the molecule is CCCCc1nc2c([nH]1)c(N)nc1cc(-c3cccc(CO)n3)ccc12. The zero-order valence-electron chi connectivity index (χ0n) is 14.7. The van der Waals surface area contributed by atoms with Gasteiger partial charge in [0.1, 0.15) is 22.7 Å². The number of benzene rings is 1. The van der Waals surface area contributed by atoms with Gasteiger partial charge in [-0.05, 0) is 30.7 Å². The summed E-state index contributed by atoms with van der Waals surface area (Å²) in [4.78, 5) is 17.1. The van der Waals surface area contributed by atoms with Gasteiger partial charge in [0.25, 0.3) is 0 Å². The molecule has 1 aromatic carbocycles. The van der Waals surface area contributed by atoms with Crippen LogP contribution in [-0.4, -0.2) is 25.0 Å². The molecule has 0 aliphatic rings. The number of aromatic nitrogens is 4. The van der Waals surface area contributed by atoms with E-state index in [1.807, 2.05) is 30.3 Å². The van der Waals surface area contributed by atoms with Gasteiger partial charge in [0.2, 0.25) is 0 Å². The van der Waals surface area contributed by atoms with E-state index in [-0.39, 0.29) is 6.61 Å². The van der Waals surface area contributed by atoms with Gasteiger partial charge in [-0.3, -0.25) is 4.98 Å². The minimum absolute atomic E-state index is 0.0823. The lowest BCUT2D eigenvalue weighted by Gasteiger charge is -2.06. The number of aromatic amines is 1. The molecule has 0 spiro atoms. The van der Waals surface area contributed by atoms with E-state index in [0.717, 1.165) is 58.3 Å². The largest absolute Gasteiger partial charge is 0.390 e. The molecule has 0 aliphatic heterocycles. The Morgan fingerprint density at radius 1 is 1.12 bits per heavy atom. The first kappa shape index (κ1) is 16.5. The van der Waals surface area contributed by atoms with Gasteiger partial charge in [0.05, 0.1) is 23.5 Å². The number of nitrogens with zero attached hydrogens (tertiary/aromatic N) is 3. The average molecular weight is 347 g/mol. The third kappa shape index (κ3) is 2.88. The fourth-order valence-electron chi connectivity index (χ4n) is 3.16. The Kier molecular flexibility index (Phi) is 4.26. The molecule has 0 amide bonds. The summed E-state index contributed by atoms with van der Waals surface area (Å²) in [6, 6.07) is 11.6. The highest BCUT2D eigenvalue weighted by atomic mass is 16.3. The number of rotatable bonds is 5. The molecule has 3 heterocycles. The number of anilines is 1. The minimum atomic E-state index is -0.0823. The first-order valence-electron chi connectivity index (χ1n) is 8.84. The molecule has 0 bridgehead atoms. The number of unbranched alkanes of at least 4 members (excludes halogenated alkanes) is 1. The highest BCUT2D eigenvalue weighted by molar-refractivity contribution is 6.07. The van der Waals surface area contributed by atoms with Crippen molar-refractivity contribution in [1.82, 2.24) is 19.9 Å². The molecule has 0 atom stereocenters. The maximum absolute atomic E-state index is 9.30. The van der Waals surface area contributed by atoms with Crippen LogP contribution in [0.25, 0.3) is 33.2 Å². The maximum atomic E-state index is 9.30. The van der Waals surface area contributed by atoms with Crippen molar-refractivity contribution in [2.24, 2.45) is 0 Å². The summed E-state index contributed by atoms with van der Waals surface area (Å²) in [6.45, 7) is 2.08. The van der Waals surface area contributed by atoms with Crippen LogP contribution in [0.2, 0.25) is 0 Å². The van der Waals surface area contributed by atoms with E-state index < -0.39 is 0 Å². The number of aliphatic hydroxyl groups is 1. The Balaban J connectivity index is 1.84. The van der Waals surface area contributed by atoms with Gasteiger partial charge in [-0.25, -0.2) is 9.97 Å². The van der Waals surface area contributed by atoms with E-state index >= 15 is 0 Å². The normalized spacial score (nSPS) is 11.5. The van der Waals surface area contributed by atoms with Gasteiger partial charge in [0, 0.05) is 17.4 Å². The smallest absolute Gasteiger partial charge is 0.150 e. The van der Waals surface area contributed by atoms with Crippen LogP contribution in [0.4, 0.5) is 5.82 Å². The molecular weight excluding hydrogens is 326 g/mol. The number of hydrogen-bond donors (Lipinski definition) is 3. The molecule has 4 N–H and O–H groups in total. The molecular formula is C20H21N5O. The quantitative estimate of drug-likeness (QED) is 0.512. The summed E-state index contributed by atoms with van der Waals surface area (Å²) in [5, 5.41) is 10.3. The van der Waals surface area contributed by atoms with Crippen molar-refractivity contribution in [2.45, 2.75) is 32.8 Å². The highest BCUT2D eigenvalue weighted by Crippen LogP contribution is 2.29. The molecule has 6 nitrogen and oxygen atoms in total. The number of H-pyrrole nitrogens is 1. The Hall–Kier alpha value is -2.99. The van der Waals surface area contributed by atoms with Crippen LogP contribution >= 0.6 is 0 Å². The number of imidazole rings is 1. The van der Waals surface area contributed by atoms with Crippen LogP contribution in [-0.2, 0) is 13.0 Å². The van der Waals surface area contributed by atoms with Gasteiger partial charge in [0.15, 0.2) is 0 Å². The van der Waals surface area contributed by atoms with Crippen LogP contribution in [0.3, 0.4) is 0 Å². The summed E-state index contributed by atoms with van der Waals surface area (Å²) in [7, 11) is 0. The number of aliphatic hydroxyl groups excluding tert-OH is 1. The maximum Gasteiger partial charge on any atom is 0.150 e. The molecule has 0 unspecified atom stereocenters. The minimum Gasteiger partial charge on any atom is -0.390 e. The van der Waals surface area contributed by atoms with E-state index in [1.165, 1.54) is 0 Å². The van der Waals surface area contributed by atoms with Crippen molar-refractivity contribution < 1.29 is 5.11 Å². The lowest BCUT2D eigenvalue weighted by molar-refractivity contribution is 0.277. The Morgan fingerprint density at radius 2 is 2.00 bits per heavy atom. The first-order valence-corrected chi connectivity index (χ1v) is 8.84. The van der Waals surface area contributed by atoms with E-state index in [0.29, 0.717) is 11.5 Å². The molecule has 0 fully saturated rings. The average Bonchev–Trinajstić information content (AvgIpc) is 3.11. The molecule has 6 heteroatoms. The number of nitrogens with two attached hydrogens (primary N) is 1. The number of fused-ring (bicyclic) bond motifs is 3. The van der Waals surface area contributed by atoms with Crippen molar-refractivity contribution in [3.05, 3.63) is 47.9 Å². The van der Waals surface area contributed by atoms with Gasteiger partial charge in [-0.1, -0.05) is 25.5 Å². The van der Waals surface area contributed by atoms with Crippen LogP contribution < -0.4 is 5.73 Å². The monoisotopic (exact) mass is 347 g/mol. The standard InChI is InChI=1S/C20H21N5O/c1-2-3-7-17-24-18-14-9-8-12(15-6-4-5-13(11-26)22-15)10-16(14)23-20(21)19(18)25-17/h4-6,8-10,26H,2-3,7,11H2,1H3,(H2,21,23)(H,24,25). The fraction of sp³-hybridized carbons (Fsp3) is 0.250. The highest BCUT2D eigenvalue weighted by Gasteiger charge is 2.13. The number of nitrogen functional groups attached to an aromatic ring is 1. The summed E-state index contributed by atoms with van der Waals surface area (Å²) >= 11 is 0. The van der Waals surface area contributed by atoms with Crippen molar-refractivity contribution in [1.29, 1.82) is 0 Å². The number of nitrogens with one attached hydrogen (secondary N) is 1. The second-order valence-corrected chi connectivity index (χ2v) is 6.41. The Morgan fingerprint density at radius 3 is 2.81 bits per heavy atom. The van der Waals surface area contributed by atoms with Gasteiger partial charge < -0.3 is 15.8 Å². The van der Waals surface area contributed by atoms with Crippen molar-refractivity contribution in [3.8, 4) is 11.3 Å². The van der Waals surface area contributed by atoms with Gasteiger partial charge >= 0.3 is 0 Å². The molecule has 4 aromatic rings. The molecule has 132 valence electrons. The lowest BCUT2D eigenvalue weighted by atomic mass is 10.1. The Labute approximate surface area is 151 Å². The predicted molar refractivity (Wildman–Crippen MR) is 104 cm³/mol. The number of aryl methyl sites for hydroxylation is 1. The van der Waals surface area contributed by atoms with Gasteiger partial charge in [-0.2, -0.15) is 0 Å². The summed E-state index contributed by atoms with van der Waals surface area (Å²) < 4.78 is 0. The molecule has 0 radical (unpaired) electrons. The van der Waals surface area contributed by atoms with E-state index in [2.05, 4.69) is 21.9 Å². The van der Waals surface area contributed by atoms with Crippen LogP contribution in [0.15, 0.2) is 36.4 Å².